The summed E-state index contributed by atoms with van der Waals surface area (Å²) in [5.74, 6) is -3.23. The summed E-state index contributed by atoms with van der Waals surface area (Å²) >= 11 is 13.2. The Morgan fingerprint density at radius 1 is 0.472 bits per heavy atom. The van der Waals surface area contributed by atoms with Gasteiger partial charge >= 0.3 is 17.9 Å². The van der Waals surface area contributed by atoms with Gasteiger partial charge in [-0.2, -0.15) is 0 Å². The van der Waals surface area contributed by atoms with E-state index in [1.165, 1.54) is 24.3 Å². The molecule has 0 saturated carbocycles. The van der Waals surface area contributed by atoms with Crippen LogP contribution < -0.4 is 0 Å². The van der Waals surface area contributed by atoms with E-state index in [-0.39, 0.29) is 16.7 Å². The Balaban J connectivity index is 1.93. The molecule has 0 aromatic heterocycles. The van der Waals surface area contributed by atoms with Gasteiger partial charge in [0.1, 0.15) is 0 Å². The van der Waals surface area contributed by atoms with Gasteiger partial charge in [-0.3, -0.25) is 0 Å². The van der Waals surface area contributed by atoms with Crippen molar-refractivity contribution in [2.75, 3.05) is 0 Å². The van der Waals surface area contributed by atoms with E-state index in [0.717, 1.165) is 16.7 Å². The molecule has 0 aliphatic rings. The van der Waals surface area contributed by atoms with Crippen molar-refractivity contribution in [3.8, 4) is 33.4 Å². The molecule has 0 aliphatic heterocycles. The van der Waals surface area contributed by atoms with E-state index >= 15 is 0 Å². The van der Waals surface area contributed by atoms with E-state index in [4.69, 9.17) is 0 Å². The first-order valence-electron chi connectivity index (χ1n) is 10.4. The molecule has 36 heavy (non-hydrogen) atoms. The fraction of sp³-hybridized carbons (Fsp3) is 0. The monoisotopic (exact) mass is 534 g/mol. The summed E-state index contributed by atoms with van der Waals surface area (Å²) in [6, 6.07) is 19.9. The molecular formula is C27H18O6S3. The second-order valence-electron chi connectivity index (χ2n) is 7.91. The van der Waals surface area contributed by atoms with Gasteiger partial charge in [-0.05, 0) is 88.0 Å². The molecule has 4 aromatic carbocycles. The average Bonchev–Trinajstić information content (AvgIpc) is 2.83. The number of benzene rings is 4. The first-order valence-corrected chi connectivity index (χ1v) is 11.7. The number of carbonyl (C=O) groups is 3. The van der Waals surface area contributed by atoms with Crippen LogP contribution in [0.1, 0.15) is 31.1 Å². The van der Waals surface area contributed by atoms with Crippen molar-refractivity contribution in [3.05, 3.63) is 89.5 Å². The van der Waals surface area contributed by atoms with Crippen LogP contribution in [0.15, 0.2) is 87.5 Å². The van der Waals surface area contributed by atoms with Crippen LogP contribution in [-0.2, 0) is 0 Å². The molecule has 0 atom stereocenters. The largest absolute Gasteiger partial charge is 0.478 e. The summed E-state index contributed by atoms with van der Waals surface area (Å²) in [7, 11) is 0. The Bertz CT molecular complexity index is 1480. The van der Waals surface area contributed by atoms with E-state index in [1.807, 2.05) is 18.2 Å². The van der Waals surface area contributed by atoms with Crippen molar-refractivity contribution >= 4 is 55.8 Å². The molecule has 0 amide bonds. The van der Waals surface area contributed by atoms with Crippen molar-refractivity contribution in [2.45, 2.75) is 14.7 Å². The van der Waals surface area contributed by atoms with Gasteiger partial charge in [0.25, 0.3) is 0 Å². The summed E-state index contributed by atoms with van der Waals surface area (Å²) < 4.78 is 0. The Hall–Kier alpha value is -3.66. The summed E-state index contributed by atoms with van der Waals surface area (Å²) in [5, 5.41) is 28.0. The Morgan fingerprint density at radius 2 is 0.944 bits per heavy atom. The average molecular weight is 535 g/mol. The lowest BCUT2D eigenvalue weighted by molar-refractivity contribution is 0.0682. The van der Waals surface area contributed by atoms with Crippen molar-refractivity contribution < 1.29 is 29.7 Å². The van der Waals surface area contributed by atoms with Crippen LogP contribution in [0.2, 0.25) is 0 Å². The molecule has 0 bridgehead atoms. The minimum atomic E-state index is -1.08. The smallest absolute Gasteiger partial charge is 0.336 e. The van der Waals surface area contributed by atoms with E-state index in [2.05, 4.69) is 37.9 Å². The van der Waals surface area contributed by atoms with Gasteiger partial charge in [-0.15, -0.1) is 37.9 Å². The molecule has 0 aliphatic carbocycles. The van der Waals surface area contributed by atoms with Crippen LogP contribution in [0, 0.1) is 0 Å². The molecule has 6 nitrogen and oxygen atoms in total. The quantitative estimate of drug-likeness (QED) is 0.155. The number of rotatable bonds is 6. The summed E-state index contributed by atoms with van der Waals surface area (Å²) in [6.07, 6.45) is 0. The topological polar surface area (TPSA) is 112 Å². The molecule has 0 spiro atoms. The van der Waals surface area contributed by atoms with E-state index < -0.39 is 17.9 Å². The van der Waals surface area contributed by atoms with Gasteiger partial charge in [-0.25, -0.2) is 14.4 Å². The van der Waals surface area contributed by atoms with Crippen molar-refractivity contribution in [2.24, 2.45) is 0 Å². The molecule has 0 radical (unpaired) electrons. The second kappa shape index (κ2) is 10.1. The highest BCUT2D eigenvalue weighted by Crippen LogP contribution is 2.37. The third kappa shape index (κ3) is 5.13. The van der Waals surface area contributed by atoms with Gasteiger partial charge < -0.3 is 15.3 Å². The van der Waals surface area contributed by atoms with Crippen LogP contribution in [0.25, 0.3) is 33.4 Å². The maximum atomic E-state index is 11.4. The maximum absolute atomic E-state index is 11.4. The van der Waals surface area contributed by atoms with E-state index in [9.17, 15) is 29.7 Å². The van der Waals surface area contributed by atoms with Gasteiger partial charge in [0, 0.05) is 14.7 Å². The second-order valence-corrected chi connectivity index (χ2v) is 9.36. The van der Waals surface area contributed by atoms with Crippen molar-refractivity contribution in [1.29, 1.82) is 0 Å². The molecule has 0 saturated heterocycles. The van der Waals surface area contributed by atoms with Gasteiger partial charge in [0.15, 0.2) is 0 Å². The summed E-state index contributed by atoms with van der Waals surface area (Å²) in [4.78, 5) is 35.3. The van der Waals surface area contributed by atoms with E-state index in [0.29, 0.717) is 31.4 Å². The minimum Gasteiger partial charge on any atom is -0.478 e. The number of carboxylic acid groups (broad SMARTS) is 3. The van der Waals surface area contributed by atoms with Crippen LogP contribution in [0.4, 0.5) is 0 Å². The highest BCUT2D eigenvalue weighted by Gasteiger charge is 2.15. The number of aromatic carboxylic acids is 3. The lowest BCUT2D eigenvalue weighted by Gasteiger charge is -2.14. The van der Waals surface area contributed by atoms with Crippen molar-refractivity contribution in [1.82, 2.24) is 0 Å². The highest BCUT2D eigenvalue weighted by molar-refractivity contribution is 7.80. The molecule has 0 unspecified atom stereocenters. The number of thiol groups is 3. The third-order valence-corrected chi connectivity index (χ3v) is 6.72. The molecule has 180 valence electrons. The molecule has 9 heteroatoms. The number of hydrogen-bond donors (Lipinski definition) is 6. The zero-order chi connectivity index (χ0) is 26.1. The van der Waals surface area contributed by atoms with Gasteiger partial charge in [-0.1, -0.05) is 18.2 Å². The van der Waals surface area contributed by atoms with Crippen LogP contribution in [0.5, 0.6) is 0 Å². The lowest BCUT2D eigenvalue weighted by Crippen LogP contribution is -1.98. The predicted octanol–water partition coefficient (Wildman–Crippen LogP) is 6.65. The Morgan fingerprint density at radius 3 is 1.33 bits per heavy atom. The first kappa shape index (κ1) is 25.4. The van der Waals surface area contributed by atoms with Crippen LogP contribution in [-0.4, -0.2) is 33.2 Å². The normalized spacial score (nSPS) is 10.8. The Kier molecular flexibility index (Phi) is 7.16. The molecule has 0 heterocycles. The zero-order valence-electron chi connectivity index (χ0n) is 18.3. The zero-order valence-corrected chi connectivity index (χ0v) is 21.0. The maximum Gasteiger partial charge on any atom is 0.336 e. The molecule has 4 rings (SSSR count). The van der Waals surface area contributed by atoms with Crippen LogP contribution >= 0.6 is 37.9 Å². The van der Waals surface area contributed by atoms with E-state index in [1.54, 1.807) is 30.3 Å². The number of hydrogen-bond acceptors (Lipinski definition) is 6. The summed E-state index contributed by atoms with van der Waals surface area (Å²) in [6.45, 7) is 0. The third-order valence-electron chi connectivity index (χ3n) is 5.61. The molecule has 0 fully saturated rings. The number of carboxylic acids is 3. The highest BCUT2D eigenvalue weighted by atomic mass is 32.1. The fourth-order valence-electron chi connectivity index (χ4n) is 3.81. The van der Waals surface area contributed by atoms with Gasteiger partial charge in [0.05, 0.1) is 16.7 Å². The lowest BCUT2D eigenvalue weighted by atomic mass is 9.92. The molecule has 4 aromatic rings. The Labute approximate surface area is 222 Å². The predicted molar refractivity (Wildman–Crippen MR) is 145 cm³/mol. The minimum absolute atomic E-state index is 0.0735. The van der Waals surface area contributed by atoms with Crippen LogP contribution in [0.3, 0.4) is 0 Å². The van der Waals surface area contributed by atoms with Crippen molar-refractivity contribution in [3.63, 3.8) is 0 Å². The standard InChI is InChI=1S/C27H18O6S3/c28-25(29)15-3-4-19(22(34)12-15)18-8-16(13-1-5-20(26(30)31)23(35)10-13)7-17(9-18)14-2-6-21(27(32)33)24(36)11-14/h1-12,34-36H,(H,28,29)(H,30,31)(H,32,33). The van der Waals surface area contributed by atoms with Gasteiger partial charge in [0.2, 0.25) is 0 Å². The summed E-state index contributed by atoms with van der Waals surface area (Å²) in [5.41, 5.74) is 4.58. The fourth-order valence-corrected chi connectivity index (χ4v) is 4.77. The SMILES string of the molecule is O=C(O)c1ccc(-c2cc(-c3ccc(C(=O)O)c(S)c3)cc(-c3ccc(C(=O)O)c(S)c3)c2)c(S)c1. The molecular weight excluding hydrogens is 516 g/mol. The first-order chi connectivity index (χ1) is 17.0. The molecule has 3 N–H and O–H groups in total.